The van der Waals surface area contributed by atoms with Crippen LogP contribution in [0.2, 0.25) is 10.0 Å². The summed E-state index contributed by atoms with van der Waals surface area (Å²) in [4.78, 5) is 0. The molecule has 19 heavy (non-hydrogen) atoms. The average Bonchev–Trinajstić information content (AvgIpc) is 2.11. The summed E-state index contributed by atoms with van der Waals surface area (Å²) in [6, 6.07) is 4.69. The number of rotatable bonds is 5. The molecule has 4 nitrogen and oxygen atoms in total. The fourth-order valence-electron chi connectivity index (χ4n) is 1.26. The molecule has 0 saturated carbocycles. The molecule has 0 radical (unpaired) electrons. The predicted molar refractivity (Wildman–Crippen MR) is 82.6 cm³/mol. The van der Waals surface area contributed by atoms with Crippen LogP contribution in [0.25, 0.3) is 0 Å². The molecule has 110 valence electrons. The van der Waals surface area contributed by atoms with Gasteiger partial charge in [0.15, 0.2) is 0 Å². The van der Waals surface area contributed by atoms with Crippen molar-refractivity contribution in [3.8, 4) is 0 Å². The molecule has 0 heterocycles. The normalized spacial score (nSPS) is 12.1. The Hall–Kier alpha value is -0.0400. The van der Waals surface area contributed by atoms with Gasteiger partial charge in [-0.1, -0.05) is 23.2 Å². The zero-order valence-corrected chi connectivity index (χ0v) is 13.8. The van der Waals surface area contributed by atoms with Crippen molar-refractivity contribution in [2.75, 3.05) is 6.54 Å². The molecule has 8 heteroatoms. The Kier molecular flexibility index (Phi) is 7.09. The Bertz CT molecular complexity index is 507. The van der Waals surface area contributed by atoms with Gasteiger partial charge in [0.1, 0.15) is 0 Å². The molecule has 0 aromatic heterocycles. The van der Waals surface area contributed by atoms with Crippen LogP contribution in [0, 0.1) is 0 Å². The maximum absolute atomic E-state index is 11.8. The van der Waals surface area contributed by atoms with E-state index >= 15 is 0 Å². The number of hydrogen-bond donors (Lipinski definition) is 2. The van der Waals surface area contributed by atoms with Gasteiger partial charge in [0.05, 0.1) is 5.75 Å². The van der Waals surface area contributed by atoms with E-state index in [1.54, 1.807) is 32.0 Å². The molecule has 0 unspecified atom stereocenters. The predicted octanol–water partition coefficient (Wildman–Crippen LogP) is 2.57. The van der Waals surface area contributed by atoms with Gasteiger partial charge in [-0.05, 0) is 37.6 Å². The first-order chi connectivity index (χ1) is 8.07. The van der Waals surface area contributed by atoms with E-state index in [9.17, 15) is 8.42 Å². The minimum Gasteiger partial charge on any atom is -0.324 e. The van der Waals surface area contributed by atoms with Gasteiger partial charge in [-0.25, -0.2) is 13.1 Å². The lowest BCUT2D eigenvalue weighted by Gasteiger charge is -2.19. The minimum atomic E-state index is -3.45. The van der Waals surface area contributed by atoms with Crippen molar-refractivity contribution < 1.29 is 8.42 Å². The molecule has 0 saturated heterocycles. The van der Waals surface area contributed by atoms with Crippen LogP contribution >= 0.6 is 35.6 Å². The maximum Gasteiger partial charge on any atom is 0.215 e. The highest BCUT2D eigenvalue weighted by Gasteiger charge is 2.17. The largest absolute Gasteiger partial charge is 0.324 e. The van der Waals surface area contributed by atoms with Gasteiger partial charge in [-0.15, -0.1) is 12.4 Å². The van der Waals surface area contributed by atoms with Gasteiger partial charge in [0.25, 0.3) is 0 Å². The number of sulfonamides is 1. The number of nitrogens with one attached hydrogen (secondary N) is 1. The van der Waals surface area contributed by atoms with Crippen molar-refractivity contribution in [3.63, 3.8) is 0 Å². The van der Waals surface area contributed by atoms with Gasteiger partial charge >= 0.3 is 0 Å². The van der Waals surface area contributed by atoms with Crippen molar-refractivity contribution in [3.05, 3.63) is 33.8 Å². The van der Waals surface area contributed by atoms with Crippen molar-refractivity contribution in [1.29, 1.82) is 0 Å². The Morgan fingerprint density at radius 3 is 2.11 bits per heavy atom. The van der Waals surface area contributed by atoms with Gasteiger partial charge in [0.2, 0.25) is 10.0 Å². The molecule has 0 atom stereocenters. The summed E-state index contributed by atoms with van der Waals surface area (Å²) in [6.07, 6.45) is 0. The van der Waals surface area contributed by atoms with Crippen LogP contribution < -0.4 is 10.5 Å². The van der Waals surface area contributed by atoms with Crippen molar-refractivity contribution in [1.82, 2.24) is 4.72 Å². The lowest BCUT2D eigenvalue weighted by molar-refractivity contribution is 0.497. The zero-order valence-electron chi connectivity index (χ0n) is 10.6. The highest BCUT2D eigenvalue weighted by atomic mass is 35.5. The van der Waals surface area contributed by atoms with Gasteiger partial charge < -0.3 is 5.73 Å². The third-order valence-electron chi connectivity index (χ3n) is 2.03. The molecular formula is C11H17Cl3N2O2S. The fourth-order valence-corrected chi connectivity index (χ4v) is 3.13. The maximum atomic E-state index is 11.8. The molecule has 0 aliphatic rings. The summed E-state index contributed by atoms with van der Waals surface area (Å²) in [6.45, 7) is 3.65. The molecule has 0 spiro atoms. The minimum absolute atomic E-state index is 0. The molecule has 0 fully saturated rings. The Morgan fingerprint density at radius 2 is 1.68 bits per heavy atom. The standard InChI is InChI=1S/C11H16Cl2N2O2S.ClH/c1-11(2,14)7-15-18(16,17)6-8-3-9(12)5-10(13)4-8;/h3-5,15H,6-7,14H2,1-2H3;1H. The van der Waals surface area contributed by atoms with E-state index in [0.717, 1.165) is 0 Å². The van der Waals surface area contributed by atoms with Crippen molar-refractivity contribution in [2.45, 2.75) is 25.1 Å². The van der Waals surface area contributed by atoms with Crippen LogP contribution in [0.1, 0.15) is 19.4 Å². The monoisotopic (exact) mass is 346 g/mol. The van der Waals surface area contributed by atoms with Gasteiger partial charge in [-0.3, -0.25) is 0 Å². The number of nitrogens with two attached hydrogens (primary N) is 1. The average molecular weight is 348 g/mol. The Morgan fingerprint density at radius 1 is 1.21 bits per heavy atom. The first-order valence-corrected chi connectivity index (χ1v) is 7.69. The van der Waals surface area contributed by atoms with E-state index < -0.39 is 15.6 Å². The molecular weight excluding hydrogens is 331 g/mol. The number of halogens is 3. The zero-order chi connectivity index (χ0) is 14.0. The second-order valence-corrected chi connectivity index (χ2v) is 7.53. The quantitative estimate of drug-likeness (QED) is 0.860. The molecule has 3 N–H and O–H groups in total. The number of hydrogen-bond acceptors (Lipinski definition) is 3. The highest BCUT2D eigenvalue weighted by Crippen LogP contribution is 2.20. The molecule has 0 aliphatic carbocycles. The Labute approximate surface area is 130 Å². The van der Waals surface area contributed by atoms with Crippen LogP contribution in [0.15, 0.2) is 18.2 Å². The third kappa shape index (κ3) is 7.97. The van der Waals surface area contributed by atoms with Crippen LogP contribution in [0.4, 0.5) is 0 Å². The highest BCUT2D eigenvalue weighted by molar-refractivity contribution is 7.88. The van der Waals surface area contributed by atoms with Crippen LogP contribution in [-0.4, -0.2) is 20.5 Å². The summed E-state index contributed by atoms with van der Waals surface area (Å²) in [5.74, 6) is -0.177. The SMILES string of the molecule is CC(C)(N)CNS(=O)(=O)Cc1cc(Cl)cc(Cl)c1.Cl. The van der Waals surface area contributed by atoms with E-state index in [1.165, 1.54) is 0 Å². The smallest absolute Gasteiger partial charge is 0.215 e. The molecule has 0 amide bonds. The van der Waals surface area contributed by atoms with Crippen LogP contribution in [-0.2, 0) is 15.8 Å². The van der Waals surface area contributed by atoms with Crippen molar-refractivity contribution >= 4 is 45.6 Å². The molecule has 1 aromatic carbocycles. The fraction of sp³-hybridized carbons (Fsp3) is 0.455. The van der Waals surface area contributed by atoms with Crippen molar-refractivity contribution in [2.24, 2.45) is 5.73 Å². The third-order valence-corrected chi connectivity index (χ3v) is 3.76. The van der Waals surface area contributed by atoms with E-state index in [1.807, 2.05) is 0 Å². The van der Waals surface area contributed by atoms with E-state index in [-0.39, 0.29) is 24.7 Å². The van der Waals surface area contributed by atoms with Gasteiger partial charge in [-0.2, -0.15) is 0 Å². The summed E-state index contributed by atoms with van der Waals surface area (Å²) in [7, 11) is -3.45. The topological polar surface area (TPSA) is 72.2 Å². The summed E-state index contributed by atoms with van der Waals surface area (Å²) < 4.78 is 26.1. The summed E-state index contributed by atoms with van der Waals surface area (Å²) in [5, 5.41) is 0.818. The van der Waals surface area contributed by atoms with E-state index in [2.05, 4.69) is 4.72 Å². The molecule has 1 aromatic rings. The van der Waals surface area contributed by atoms with E-state index in [4.69, 9.17) is 28.9 Å². The summed E-state index contributed by atoms with van der Waals surface area (Å²) >= 11 is 11.6. The van der Waals surface area contributed by atoms with E-state index in [0.29, 0.717) is 15.6 Å². The Balaban J connectivity index is 0.00000324. The van der Waals surface area contributed by atoms with Crippen LogP contribution in [0.5, 0.6) is 0 Å². The second-order valence-electron chi connectivity index (χ2n) is 4.85. The molecule has 1 rings (SSSR count). The first kappa shape index (κ1) is 19.0. The lowest BCUT2D eigenvalue weighted by Crippen LogP contribution is -2.45. The summed E-state index contributed by atoms with van der Waals surface area (Å²) in [5.41, 5.74) is 5.65. The second kappa shape index (κ2) is 7.11. The van der Waals surface area contributed by atoms with Gasteiger partial charge in [0, 0.05) is 22.1 Å². The first-order valence-electron chi connectivity index (χ1n) is 5.29. The van der Waals surface area contributed by atoms with Crippen LogP contribution in [0.3, 0.4) is 0 Å². The number of benzene rings is 1. The molecule has 0 aliphatic heterocycles. The lowest BCUT2D eigenvalue weighted by atomic mass is 10.1. The molecule has 0 bridgehead atoms.